The van der Waals surface area contributed by atoms with E-state index in [1.54, 1.807) is 13.3 Å². The average Bonchev–Trinajstić information content (AvgIpc) is 2.46. The first-order chi connectivity index (χ1) is 9.67. The highest BCUT2D eigenvalue weighted by Gasteiger charge is 2.35. The number of aromatic nitrogens is 1. The van der Waals surface area contributed by atoms with Crippen molar-refractivity contribution in [3.63, 3.8) is 0 Å². The summed E-state index contributed by atoms with van der Waals surface area (Å²) in [7, 11) is 1.59. The zero-order valence-corrected chi connectivity index (χ0v) is 12.2. The summed E-state index contributed by atoms with van der Waals surface area (Å²) >= 11 is 0. The second kappa shape index (κ2) is 5.52. The Bertz CT molecular complexity index is 503. The number of methoxy groups -OCH3 is 1. The van der Waals surface area contributed by atoms with Gasteiger partial charge in [0, 0.05) is 35.8 Å². The summed E-state index contributed by atoms with van der Waals surface area (Å²) in [6.07, 6.45) is 7.34. The van der Waals surface area contributed by atoms with Gasteiger partial charge in [0.2, 0.25) is 5.88 Å². The number of Topliss-reactive ketones (excluding diaryl/α,β-unsaturated/α-hetero) is 1. The summed E-state index contributed by atoms with van der Waals surface area (Å²) in [5.74, 6) is 0.984. The number of nitrogens with one attached hydrogen (secondary N) is 1. The van der Waals surface area contributed by atoms with E-state index in [1.807, 2.05) is 13.0 Å². The fraction of sp³-hybridized carbons (Fsp3) is 0.625. The van der Waals surface area contributed by atoms with E-state index in [4.69, 9.17) is 4.74 Å². The minimum atomic E-state index is 0.153. The van der Waals surface area contributed by atoms with Crippen molar-refractivity contribution in [1.82, 2.24) is 10.3 Å². The second-order valence-corrected chi connectivity index (χ2v) is 6.07. The van der Waals surface area contributed by atoms with Gasteiger partial charge in [0.1, 0.15) is 0 Å². The molecule has 108 valence electrons. The molecule has 4 nitrogen and oxygen atoms in total. The van der Waals surface area contributed by atoms with Gasteiger partial charge < -0.3 is 10.1 Å². The standard InChI is InChI=1S/C16H22N2O2/c1-10-6-15(20-2)17-9-14(10)16(19)11-7-12-4-3-5-13(8-11)18-12/h6,9,11-13,18H,3-5,7-8H2,1-2H3. The molecule has 3 heterocycles. The predicted molar refractivity (Wildman–Crippen MR) is 77.1 cm³/mol. The minimum absolute atomic E-state index is 0.153. The van der Waals surface area contributed by atoms with E-state index in [0.717, 1.165) is 24.0 Å². The summed E-state index contributed by atoms with van der Waals surface area (Å²) in [6.45, 7) is 1.96. The van der Waals surface area contributed by atoms with E-state index in [1.165, 1.54) is 19.3 Å². The van der Waals surface area contributed by atoms with Gasteiger partial charge in [0.15, 0.2) is 5.78 Å². The summed E-state index contributed by atoms with van der Waals surface area (Å²) in [5, 5.41) is 3.63. The van der Waals surface area contributed by atoms with Crippen molar-refractivity contribution in [2.24, 2.45) is 5.92 Å². The zero-order valence-electron chi connectivity index (χ0n) is 12.2. The van der Waals surface area contributed by atoms with Crippen LogP contribution in [0.4, 0.5) is 0 Å². The van der Waals surface area contributed by atoms with Gasteiger partial charge in [-0.2, -0.15) is 0 Å². The molecule has 2 unspecified atom stereocenters. The molecule has 2 fully saturated rings. The Morgan fingerprint density at radius 3 is 2.65 bits per heavy atom. The number of pyridine rings is 1. The van der Waals surface area contributed by atoms with Crippen molar-refractivity contribution in [2.75, 3.05) is 7.11 Å². The van der Waals surface area contributed by atoms with Crippen LogP contribution in [0.2, 0.25) is 0 Å². The third-order valence-corrected chi connectivity index (χ3v) is 4.65. The number of ether oxygens (including phenoxy) is 1. The Labute approximate surface area is 119 Å². The van der Waals surface area contributed by atoms with Crippen LogP contribution in [0.1, 0.15) is 48.0 Å². The number of rotatable bonds is 3. The number of piperidine rings is 2. The first-order valence-corrected chi connectivity index (χ1v) is 7.48. The lowest BCUT2D eigenvalue weighted by atomic mass is 9.77. The third kappa shape index (κ3) is 2.57. The highest BCUT2D eigenvalue weighted by molar-refractivity contribution is 5.99. The van der Waals surface area contributed by atoms with Crippen LogP contribution in [0, 0.1) is 12.8 Å². The van der Waals surface area contributed by atoms with E-state index in [2.05, 4.69) is 10.3 Å². The van der Waals surface area contributed by atoms with Crippen molar-refractivity contribution >= 4 is 5.78 Å². The molecule has 2 aliphatic rings. The lowest BCUT2D eigenvalue weighted by molar-refractivity contribution is 0.0824. The Kier molecular flexibility index (Phi) is 3.74. The summed E-state index contributed by atoms with van der Waals surface area (Å²) < 4.78 is 5.10. The number of hydrogen-bond acceptors (Lipinski definition) is 4. The molecule has 0 amide bonds. The smallest absolute Gasteiger partial charge is 0.213 e. The highest BCUT2D eigenvalue weighted by atomic mass is 16.5. The maximum absolute atomic E-state index is 12.7. The SMILES string of the molecule is COc1cc(C)c(C(=O)C2CC3CCCC(C2)N3)cn1. The molecule has 1 aromatic rings. The van der Waals surface area contributed by atoms with Crippen molar-refractivity contribution < 1.29 is 9.53 Å². The first kappa shape index (κ1) is 13.6. The van der Waals surface area contributed by atoms with Gasteiger partial charge in [-0.3, -0.25) is 4.79 Å². The molecule has 2 saturated heterocycles. The van der Waals surface area contributed by atoms with Crippen LogP contribution in [-0.4, -0.2) is 30.0 Å². The molecule has 2 bridgehead atoms. The average molecular weight is 274 g/mol. The largest absolute Gasteiger partial charge is 0.481 e. The minimum Gasteiger partial charge on any atom is -0.481 e. The normalized spacial score (nSPS) is 29.0. The molecule has 2 atom stereocenters. The van der Waals surface area contributed by atoms with Crippen LogP contribution in [-0.2, 0) is 0 Å². The molecule has 2 aliphatic heterocycles. The van der Waals surface area contributed by atoms with Crippen LogP contribution >= 0.6 is 0 Å². The highest BCUT2D eigenvalue weighted by Crippen LogP contribution is 2.32. The molecule has 3 rings (SSSR count). The lowest BCUT2D eigenvalue weighted by Crippen LogP contribution is -2.50. The molecule has 0 aliphatic carbocycles. The summed E-state index contributed by atoms with van der Waals surface area (Å²) in [4.78, 5) is 16.9. The van der Waals surface area contributed by atoms with Gasteiger partial charge in [-0.15, -0.1) is 0 Å². The molecule has 0 saturated carbocycles. The van der Waals surface area contributed by atoms with Gasteiger partial charge in [-0.05, 0) is 38.2 Å². The van der Waals surface area contributed by atoms with Gasteiger partial charge in [-0.25, -0.2) is 4.98 Å². The van der Waals surface area contributed by atoms with E-state index >= 15 is 0 Å². The number of fused-ring (bicyclic) bond motifs is 2. The van der Waals surface area contributed by atoms with Crippen molar-refractivity contribution in [1.29, 1.82) is 0 Å². The van der Waals surface area contributed by atoms with Crippen LogP contribution < -0.4 is 10.1 Å². The molecule has 0 aromatic carbocycles. The van der Waals surface area contributed by atoms with Gasteiger partial charge in [0.05, 0.1) is 7.11 Å². The second-order valence-electron chi connectivity index (χ2n) is 6.07. The van der Waals surface area contributed by atoms with E-state index in [0.29, 0.717) is 18.0 Å². The lowest BCUT2D eigenvalue weighted by Gasteiger charge is -2.39. The Balaban J connectivity index is 1.78. The number of nitrogens with zero attached hydrogens (tertiary/aromatic N) is 1. The molecule has 0 radical (unpaired) electrons. The Morgan fingerprint density at radius 1 is 1.35 bits per heavy atom. The molecular weight excluding hydrogens is 252 g/mol. The molecule has 0 spiro atoms. The van der Waals surface area contributed by atoms with Gasteiger partial charge >= 0.3 is 0 Å². The quantitative estimate of drug-likeness (QED) is 0.860. The zero-order chi connectivity index (χ0) is 14.1. The summed E-state index contributed by atoms with van der Waals surface area (Å²) in [5.41, 5.74) is 1.72. The number of ketones is 1. The fourth-order valence-corrected chi connectivity index (χ4v) is 3.60. The maximum Gasteiger partial charge on any atom is 0.213 e. The maximum atomic E-state index is 12.7. The van der Waals surface area contributed by atoms with Crippen LogP contribution in [0.3, 0.4) is 0 Å². The molecular formula is C16H22N2O2. The first-order valence-electron chi connectivity index (χ1n) is 7.48. The van der Waals surface area contributed by atoms with Crippen molar-refractivity contribution in [3.8, 4) is 5.88 Å². The third-order valence-electron chi connectivity index (χ3n) is 4.65. The number of aryl methyl sites for hydroxylation is 1. The van der Waals surface area contributed by atoms with Crippen molar-refractivity contribution in [2.45, 2.75) is 51.1 Å². The van der Waals surface area contributed by atoms with Crippen LogP contribution in [0.15, 0.2) is 12.3 Å². The molecule has 1 aromatic heterocycles. The molecule has 1 N–H and O–H groups in total. The number of carbonyl (C=O) groups is 1. The van der Waals surface area contributed by atoms with Crippen molar-refractivity contribution in [3.05, 3.63) is 23.4 Å². The Hall–Kier alpha value is -1.42. The van der Waals surface area contributed by atoms with Crippen LogP contribution in [0.25, 0.3) is 0 Å². The molecule has 4 heteroatoms. The van der Waals surface area contributed by atoms with Gasteiger partial charge in [0.25, 0.3) is 0 Å². The fourth-order valence-electron chi connectivity index (χ4n) is 3.60. The topological polar surface area (TPSA) is 51.2 Å². The summed E-state index contributed by atoms with van der Waals surface area (Å²) in [6, 6.07) is 2.90. The molecule has 20 heavy (non-hydrogen) atoms. The van der Waals surface area contributed by atoms with Crippen LogP contribution in [0.5, 0.6) is 5.88 Å². The monoisotopic (exact) mass is 274 g/mol. The van der Waals surface area contributed by atoms with E-state index in [-0.39, 0.29) is 11.7 Å². The van der Waals surface area contributed by atoms with Gasteiger partial charge in [-0.1, -0.05) is 6.42 Å². The van der Waals surface area contributed by atoms with E-state index < -0.39 is 0 Å². The van der Waals surface area contributed by atoms with E-state index in [9.17, 15) is 4.79 Å². The number of carbonyl (C=O) groups excluding carboxylic acids is 1. The Morgan fingerprint density at radius 2 is 2.05 bits per heavy atom. The predicted octanol–water partition coefficient (Wildman–Crippen LogP) is 2.50. The number of hydrogen-bond donors (Lipinski definition) is 1.